The highest BCUT2D eigenvalue weighted by molar-refractivity contribution is 6.12. The standard InChI is InChI=1S/C55H45N5O/c1-55(2,3)40-29-42(58-35-53(38-18-10-6-11-19-38)59(36-58)41-20-12-7-13-21-41)31-44(30-40)61-43-25-26-46-47-28-39(37-16-8-5-9-17-37)24-27-50(47)60(52(46)32-43)54-33-51-48(34-56-54)45-22-14-15-23-49(45)57(51)4/h5-35H,36H2,1-4H3. The van der Waals surface area contributed by atoms with E-state index in [4.69, 9.17) is 9.72 Å². The molecule has 10 aromatic rings. The molecule has 0 N–H and O–H groups in total. The molecule has 3 aromatic heterocycles. The summed E-state index contributed by atoms with van der Waals surface area (Å²) in [5, 5.41) is 4.65. The third-order valence-electron chi connectivity index (χ3n) is 12.2. The number of hydrogen-bond donors (Lipinski definition) is 0. The average Bonchev–Trinajstić information content (AvgIpc) is 3.97. The minimum absolute atomic E-state index is 0.113. The lowest BCUT2D eigenvalue weighted by molar-refractivity contribution is 0.479. The third-order valence-corrected chi connectivity index (χ3v) is 12.2. The summed E-state index contributed by atoms with van der Waals surface area (Å²) in [6.07, 6.45) is 4.29. The van der Waals surface area contributed by atoms with Gasteiger partial charge in [-0.3, -0.25) is 4.57 Å². The molecule has 4 heterocycles. The Bertz CT molecular complexity index is 3300. The number of fused-ring (bicyclic) bond motifs is 6. The molecule has 1 aliphatic rings. The van der Waals surface area contributed by atoms with Gasteiger partial charge in [-0.2, -0.15) is 0 Å². The van der Waals surface area contributed by atoms with E-state index in [-0.39, 0.29) is 5.41 Å². The highest BCUT2D eigenvalue weighted by atomic mass is 16.5. The molecule has 0 spiro atoms. The first-order valence-corrected chi connectivity index (χ1v) is 20.9. The van der Waals surface area contributed by atoms with E-state index in [1.165, 1.54) is 33.2 Å². The molecule has 0 bridgehead atoms. The Labute approximate surface area is 355 Å². The van der Waals surface area contributed by atoms with Crippen LogP contribution in [0.4, 0.5) is 11.4 Å². The van der Waals surface area contributed by atoms with Crippen LogP contribution in [0.1, 0.15) is 31.9 Å². The minimum Gasteiger partial charge on any atom is -0.457 e. The number of pyridine rings is 1. The lowest BCUT2D eigenvalue weighted by atomic mass is 9.86. The molecule has 0 aliphatic carbocycles. The molecular weight excluding hydrogens is 747 g/mol. The van der Waals surface area contributed by atoms with Crippen molar-refractivity contribution < 1.29 is 4.74 Å². The van der Waals surface area contributed by atoms with Gasteiger partial charge in [-0.15, -0.1) is 0 Å². The third kappa shape index (κ3) is 6.39. The van der Waals surface area contributed by atoms with Gasteiger partial charge in [0.25, 0.3) is 0 Å². The molecule has 7 aromatic carbocycles. The fourth-order valence-electron chi connectivity index (χ4n) is 8.97. The Morgan fingerprint density at radius 3 is 1.98 bits per heavy atom. The molecule has 6 nitrogen and oxygen atoms in total. The fourth-order valence-corrected chi connectivity index (χ4v) is 8.97. The summed E-state index contributed by atoms with van der Waals surface area (Å²) >= 11 is 0. The number of ether oxygens (including phenoxy) is 1. The van der Waals surface area contributed by atoms with Crippen LogP contribution in [0.2, 0.25) is 0 Å². The summed E-state index contributed by atoms with van der Waals surface area (Å²) in [5.41, 5.74) is 12.4. The van der Waals surface area contributed by atoms with Gasteiger partial charge in [0.1, 0.15) is 17.3 Å². The van der Waals surface area contributed by atoms with Crippen LogP contribution in [0.5, 0.6) is 11.5 Å². The topological polar surface area (TPSA) is 38.5 Å². The molecule has 11 rings (SSSR count). The van der Waals surface area contributed by atoms with Crippen molar-refractivity contribution in [2.45, 2.75) is 26.2 Å². The van der Waals surface area contributed by atoms with E-state index in [1.54, 1.807) is 0 Å². The van der Waals surface area contributed by atoms with Crippen molar-refractivity contribution in [1.82, 2.24) is 14.1 Å². The van der Waals surface area contributed by atoms with Crippen LogP contribution in [0.3, 0.4) is 0 Å². The van der Waals surface area contributed by atoms with E-state index >= 15 is 0 Å². The van der Waals surface area contributed by atoms with Crippen LogP contribution >= 0.6 is 0 Å². The monoisotopic (exact) mass is 791 g/mol. The van der Waals surface area contributed by atoms with Crippen molar-refractivity contribution >= 4 is 60.7 Å². The smallest absolute Gasteiger partial charge is 0.139 e. The molecule has 0 atom stereocenters. The lowest BCUT2D eigenvalue weighted by Gasteiger charge is -2.26. The van der Waals surface area contributed by atoms with E-state index < -0.39 is 0 Å². The first kappa shape index (κ1) is 36.5. The Kier molecular flexibility index (Phi) is 8.57. The number of aromatic nitrogens is 3. The van der Waals surface area contributed by atoms with Gasteiger partial charge in [-0.25, -0.2) is 4.98 Å². The van der Waals surface area contributed by atoms with Crippen molar-refractivity contribution in [1.29, 1.82) is 0 Å². The Hall–Kier alpha value is -7.57. The maximum atomic E-state index is 6.96. The van der Waals surface area contributed by atoms with Gasteiger partial charge < -0.3 is 19.1 Å². The molecule has 0 unspecified atom stereocenters. The second-order valence-corrected chi connectivity index (χ2v) is 17.1. The summed E-state index contributed by atoms with van der Waals surface area (Å²) in [5.74, 6) is 2.41. The predicted molar refractivity (Wildman–Crippen MR) is 254 cm³/mol. The number of benzene rings is 7. The second kappa shape index (κ2) is 14.3. The lowest BCUT2D eigenvalue weighted by Crippen LogP contribution is -2.26. The van der Waals surface area contributed by atoms with Crippen molar-refractivity contribution in [2.24, 2.45) is 7.05 Å². The summed E-state index contributed by atoms with van der Waals surface area (Å²) in [6.45, 7) is 7.45. The fraction of sp³-hybridized carbons (Fsp3) is 0.109. The SMILES string of the molecule is Cn1c2ccccc2c2cnc(-n3c4ccc(-c5ccccc5)cc4c4ccc(Oc5cc(N6C=C(c7ccccc7)N(c7ccccc7)C6)cc(C(C)(C)C)c5)cc43)cc21. The van der Waals surface area contributed by atoms with E-state index in [0.717, 1.165) is 67.1 Å². The molecule has 0 saturated heterocycles. The zero-order valence-electron chi connectivity index (χ0n) is 34.7. The molecule has 0 amide bonds. The number of para-hydroxylation sites is 2. The number of rotatable bonds is 7. The van der Waals surface area contributed by atoms with Crippen LogP contribution in [-0.4, -0.2) is 20.8 Å². The van der Waals surface area contributed by atoms with Crippen molar-refractivity contribution in [3.63, 3.8) is 0 Å². The van der Waals surface area contributed by atoms with E-state index in [1.807, 2.05) is 6.20 Å². The van der Waals surface area contributed by atoms with E-state index in [9.17, 15) is 0 Å². The van der Waals surface area contributed by atoms with Crippen LogP contribution in [0.15, 0.2) is 188 Å². The number of nitrogens with zero attached hydrogens (tertiary/aromatic N) is 5. The van der Waals surface area contributed by atoms with Gasteiger partial charge in [-0.1, -0.05) is 124 Å². The first-order valence-electron chi connectivity index (χ1n) is 20.9. The zero-order valence-corrected chi connectivity index (χ0v) is 34.7. The molecule has 6 heteroatoms. The number of hydrogen-bond acceptors (Lipinski definition) is 4. The summed E-state index contributed by atoms with van der Waals surface area (Å²) in [6, 6.07) is 62.5. The highest BCUT2D eigenvalue weighted by Crippen LogP contribution is 2.41. The van der Waals surface area contributed by atoms with Crippen LogP contribution in [-0.2, 0) is 12.5 Å². The summed E-state index contributed by atoms with van der Waals surface area (Å²) in [7, 11) is 2.14. The minimum atomic E-state index is -0.113. The molecule has 0 fully saturated rings. The molecule has 296 valence electrons. The van der Waals surface area contributed by atoms with Crippen LogP contribution < -0.4 is 14.5 Å². The molecule has 1 aliphatic heterocycles. The first-order chi connectivity index (χ1) is 29.8. The van der Waals surface area contributed by atoms with Gasteiger partial charge in [0.2, 0.25) is 0 Å². The molecule has 61 heavy (non-hydrogen) atoms. The van der Waals surface area contributed by atoms with Crippen molar-refractivity contribution in [3.8, 4) is 28.4 Å². The largest absolute Gasteiger partial charge is 0.457 e. The van der Waals surface area contributed by atoms with Crippen LogP contribution in [0.25, 0.3) is 66.3 Å². The predicted octanol–water partition coefficient (Wildman–Crippen LogP) is 13.9. The van der Waals surface area contributed by atoms with Gasteiger partial charge in [0.15, 0.2) is 0 Å². The Morgan fingerprint density at radius 1 is 0.508 bits per heavy atom. The second-order valence-electron chi connectivity index (χ2n) is 17.1. The number of aryl methyl sites for hydroxylation is 1. The number of anilines is 2. The molecule has 0 saturated carbocycles. The van der Waals surface area contributed by atoms with E-state index in [2.05, 4.69) is 229 Å². The maximum absolute atomic E-state index is 6.96. The quantitative estimate of drug-likeness (QED) is 0.161. The highest BCUT2D eigenvalue weighted by Gasteiger charge is 2.27. The van der Waals surface area contributed by atoms with Gasteiger partial charge >= 0.3 is 0 Å². The average molecular weight is 792 g/mol. The molecule has 0 radical (unpaired) electrons. The van der Waals surface area contributed by atoms with Gasteiger partial charge in [0, 0.05) is 76.1 Å². The van der Waals surface area contributed by atoms with Crippen molar-refractivity contribution in [2.75, 3.05) is 16.5 Å². The van der Waals surface area contributed by atoms with E-state index in [0.29, 0.717) is 6.67 Å². The van der Waals surface area contributed by atoms with Crippen molar-refractivity contribution in [3.05, 3.63) is 199 Å². The normalized spacial score (nSPS) is 13.2. The summed E-state index contributed by atoms with van der Waals surface area (Å²) < 4.78 is 11.5. The van der Waals surface area contributed by atoms with Gasteiger partial charge in [-0.05, 0) is 82.3 Å². The van der Waals surface area contributed by atoms with Crippen LogP contribution in [0, 0.1) is 0 Å². The summed E-state index contributed by atoms with van der Waals surface area (Å²) in [4.78, 5) is 9.86. The van der Waals surface area contributed by atoms with Gasteiger partial charge in [0.05, 0.1) is 28.9 Å². The Balaban J connectivity index is 1.04. The molecular formula is C55H45N5O. The zero-order chi connectivity index (χ0) is 41.2. The Morgan fingerprint density at radius 2 is 1.21 bits per heavy atom. The maximum Gasteiger partial charge on any atom is 0.139 e.